The van der Waals surface area contributed by atoms with Crippen LogP contribution in [0, 0.1) is 6.92 Å². The van der Waals surface area contributed by atoms with Gasteiger partial charge in [-0.1, -0.05) is 17.8 Å². The summed E-state index contributed by atoms with van der Waals surface area (Å²) < 4.78 is 0. The number of Topliss-reactive ketones (excluding diaryl/α,β-unsaturated/α-hetero) is 1. The molecule has 0 saturated heterocycles. The van der Waals surface area contributed by atoms with Gasteiger partial charge in [-0.25, -0.2) is 4.98 Å². The Labute approximate surface area is 159 Å². The molecule has 134 valence electrons. The van der Waals surface area contributed by atoms with Crippen LogP contribution in [0.4, 0.5) is 5.82 Å². The molecule has 0 spiro atoms. The van der Waals surface area contributed by atoms with E-state index in [0.29, 0.717) is 28.7 Å². The summed E-state index contributed by atoms with van der Waals surface area (Å²) in [6, 6.07) is 4.05. The summed E-state index contributed by atoms with van der Waals surface area (Å²) in [5.74, 6) is 1.04. The van der Waals surface area contributed by atoms with Crippen molar-refractivity contribution >= 4 is 34.7 Å². The van der Waals surface area contributed by atoms with E-state index < -0.39 is 0 Å². The van der Waals surface area contributed by atoms with Crippen LogP contribution in [0.3, 0.4) is 0 Å². The summed E-state index contributed by atoms with van der Waals surface area (Å²) in [4.78, 5) is 35.3. The van der Waals surface area contributed by atoms with Gasteiger partial charge >= 0.3 is 0 Å². The number of H-pyrrole nitrogens is 1. The highest BCUT2D eigenvalue weighted by Crippen LogP contribution is 2.45. The van der Waals surface area contributed by atoms with Crippen LogP contribution in [-0.4, -0.2) is 21.5 Å². The largest absolute Gasteiger partial charge is 0.343 e. The molecule has 5 nitrogen and oxygen atoms in total. The maximum absolute atomic E-state index is 12.9. The molecule has 2 aromatic rings. The monoisotopic (exact) mass is 385 g/mol. The first kappa shape index (κ1) is 17.3. The number of fused-ring (bicyclic) bond motifs is 1. The molecule has 0 unspecified atom stereocenters. The zero-order valence-electron chi connectivity index (χ0n) is 14.4. The van der Waals surface area contributed by atoms with Gasteiger partial charge in [0, 0.05) is 33.2 Å². The number of thioether (sulfide) groups is 1. The molecule has 0 fully saturated rings. The number of aromatic nitrogens is 2. The van der Waals surface area contributed by atoms with Gasteiger partial charge in [-0.15, -0.1) is 17.9 Å². The number of carbonyl (C=O) groups excluding carboxylic acids is 1. The zero-order valence-corrected chi connectivity index (χ0v) is 16.1. The normalized spacial score (nSPS) is 19.0. The van der Waals surface area contributed by atoms with Gasteiger partial charge in [0.25, 0.3) is 5.56 Å². The number of aromatic amines is 1. The number of hydrogen-bond donors (Lipinski definition) is 2. The van der Waals surface area contributed by atoms with Crippen molar-refractivity contribution in [1.29, 1.82) is 0 Å². The standard InChI is InChI=1S/C19H19N3O2S2/c1-3-9-25-19-21-17-16(18(24)22-19)15(13-8-7-10(2)26-13)14-11(20-17)5-4-6-12(14)23/h3,7-8,15H,1,4-6,9H2,2H3,(H2,20,21,22,24)/t15-/m1/s1. The van der Waals surface area contributed by atoms with Crippen LogP contribution in [-0.2, 0) is 4.79 Å². The molecule has 2 N–H and O–H groups in total. The molecule has 2 aromatic heterocycles. The van der Waals surface area contributed by atoms with Crippen LogP contribution in [0.1, 0.15) is 40.5 Å². The number of thiophene rings is 1. The van der Waals surface area contributed by atoms with Crippen molar-refractivity contribution in [1.82, 2.24) is 9.97 Å². The third kappa shape index (κ3) is 2.95. The lowest BCUT2D eigenvalue weighted by atomic mass is 9.79. The average Bonchev–Trinajstić information content (AvgIpc) is 3.04. The van der Waals surface area contributed by atoms with Gasteiger partial charge in [0.1, 0.15) is 5.82 Å². The van der Waals surface area contributed by atoms with Gasteiger partial charge in [0.2, 0.25) is 0 Å². The van der Waals surface area contributed by atoms with Crippen molar-refractivity contribution in [3.63, 3.8) is 0 Å². The van der Waals surface area contributed by atoms with Crippen molar-refractivity contribution in [3.8, 4) is 0 Å². The first-order chi connectivity index (χ1) is 12.6. The quantitative estimate of drug-likeness (QED) is 0.473. The van der Waals surface area contributed by atoms with Crippen LogP contribution in [0.5, 0.6) is 0 Å². The number of carbonyl (C=O) groups is 1. The van der Waals surface area contributed by atoms with E-state index in [4.69, 9.17) is 0 Å². The smallest absolute Gasteiger partial charge is 0.257 e. The number of nitrogens with zero attached hydrogens (tertiary/aromatic N) is 1. The van der Waals surface area contributed by atoms with E-state index in [-0.39, 0.29) is 17.3 Å². The summed E-state index contributed by atoms with van der Waals surface area (Å²) in [6.07, 6.45) is 3.95. The molecule has 0 saturated carbocycles. The van der Waals surface area contributed by atoms with Crippen molar-refractivity contribution in [2.75, 3.05) is 11.1 Å². The second-order valence-corrected chi connectivity index (χ2v) is 8.74. The summed E-state index contributed by atoms with van der Waals surface area (Å²) in [6.45, 7) is 5.74. The Kier molecular flexibility index (Phi) is 4.58. The molecule has 0 radical (unpaired) electrons. The second kappa shape index (κ2) is 6.89. The molecule has 2 aliphatic rings. The molecular weight excluding hydrogens is 366 g/mol. The van der Waals surface area contributed by atoms with Crippen molar-refractivity contribution < 1.29 is 4.79 Å². The van der Waals surface area contributed by atoms with Crippen molar-refractivity contribution in [2.24, 2.45) is 0 Å². The molecule has 1 atom stereocenters. The van der Waals surface area contributed by atoms with Gasteiger partial charge < -0.3 is 10.3 Å². The van der Waals surface area contributed by atoms with E-state index in [0.717, 1.165) is 33.9 Å². The lowest BCUT2D eigenvalue weighted by molar-refractivity contribution is -0.116. The van der Waals surface area contributed by atoms with Crippen LogP contribution in [0.15, 0.2) is 46.0 Å². The van der Waals surface area contributed by atoms with Gasteiger partial charge in [0.05, 0.1) is 11.5 Å². The van der Waals surface area contributed by atoms with Crippen molar-refractivity contribution in [2.45, 2.75) is 37.3 Å². The molecule has 26 heavy (non-hydrogen) atoms. The molecular formula is C19H19N3O2S2. The minimum Gasteiger partial charge on any atom is -0.343 e. The summed E-state index contributed by atoms with van der Waals surface area (Å²) in [7, 11) is 0. The molecule has 3 heterocycles. The first-order valence-electron chi connectivity index (χ1n) is 8.56. The number of rotatable bonds is 4. The van der Waals surface area contributed by atoms with Crippen molar-refractivity contribution in [3.05, 3.63) is 61.7 Å². The van der Waals surface area contributed by atoms with Gasteiger partial charge in [0.15, 0.2) is 10.9 Å². The van der Waals surface area contributed by atoms with Gasteiger partial charge in [-0.3, -0.25) is 9.59 Å². The molecule has 0 bridgehead atoms. The fraction of sp³-hybridized carbons (Fsp3) is 0.316. The van der Waals surface area contributed by atoms with Gasteiger partial charge in [-0.05, 0) is 31.9 Å². The van der Waals surface area contributed by atoms with E-state index >= 15 is 0 Å². The lowest BCUT2D eigenvalue weighted by Crippen LogP contribution is -2.32. The molecule has 0 aromatic carbocycles. The number of nitrogens with one attached hydrogen (secondary N) is 2. The van der Waals surface area contributed by atoms with E-state index in [1.54, 1.807) is 17.4 Å². The Hall–Kier alpha value is -2.12. The molecule has 7 heteroatoms. The Bertz CT molecular complexity index is 987. The molecule has 0 amide bonds. The van der Waals surface area contributed by atoms with Crippen LogP contribution in [0.25, 0.3) is 0 Å². The van der Waals surface area contributed by atoms with E-state index in [9.17, 15) is 9.59 Å². The fourth-order valence-corrected chi connectivity index (χ4v) is 5.13. The minimum atomic E-state index is -0.331. The number of allylic oxidation sites excluding steroid dienone is 2. The Morgan fingerprint density at radius 1 is 1.38 bits per heavy atom. The summed E-state index contributed by atoms with van der Waals surface area (Å²) in [5.41, 5.74) is 2.02. The highest BCUT2D eigenvalue weighted by atomic mass is 32.2. The predicted octanol–water partition coefficient (Wildman–Crippen LogP) is 3.98. The highest BCUT2D eigenvalue weighted by molar-refractivity contribution is 7.99. The Morgan fingerprint density at radius 3 is 2.96 bits per heavy atom. The minimum absolute atomic E-state index is 0.130. The third-order valence-corrected chi connectivity index (χ3v) is 6.55. The first-order valence-corrected chi connectivity index (χ1v) is 10.4. The third-order valence-electron chi connectivity index (χ3n) is 4.62. The average molecular weight is 386 g/mol. The molecule has 1 aliphatic heterocycles. The second-order valence-electron chi connectivity index (χ2n) is 6.41. The topological polar surface area (TPSA) is 74.8 Å². The lowest BCUT2D eigenvalue weighted by Gasteiger charge is -2.32. The predicted molar refractivity (Wildman–Crippen MR) is 106 cm³/mol. The van der Waals surface area contributed by atoms with E-state index in [1.807, 2.05) is 19.1 Å². The summed E-state index contributed by atoms with van der Waals surface area (Å²) in [5, 5.41) is 3.85. The van der Waals surface area contributed by atoms with E-state index in [2.05, 4.69) is 21.9 Å². The summed E-state index contributed by atoms with van der Waals surface area (Å²) >= 11 is 3.06. The highest BCUT2D eigenvalue weighted by Gasteiger charge is 2.38. The fourth-order valence-electron chi connectivity index (χ4n) is 3.54. The number of anilines is 1. The molecule has 4 rings (SSSR count). The van der Waals surface area contributed by atoms with Gasteiger partial charge in [-0.2, -0.15) is 0 Å². The van der Waals surface area contributed by atoms with Crippen LogP contribution in [0.2, 0.25) is 0 Å². The van der Waals surface area contributed by atoms with Crippen LogP contribution >= 0.6 is 23.1 Å². The number of hydrogen-bond acceptors (Lipinski definition) is 6. The van der Waals surface area contributed by atoms with E-state index in [1.165, 1.54) is 11.8 Å². The Morgan fingerprint density at radius 2 is 2.23 bits per heavy atom. The number of aryl methyl sites for hydroxylation is 1. The zero-order chi connectivity index (χ0) is 18.3. The number of ketones is 1. The van der Waals surface area contributed by atoms with Crippen LogP contribution < -0.4 is 10.9 Å². The maximum Gasteiger partial charge on any atom is 0.257 e. The molecule has 1 aliphatic carbocycles. The Balaban J connectivity index is 1.90. The SMILES string of the molecule is C=CCSc1nc2c(c(=O)[nH]1)[C@H](c1ccc(C)s1)C1=C(CCCC1=O)N2. The maximum atomic E-state index is 12.9.